The molecule has 0 saturated heterocycles. The van der Waals surface area contributed by atoms with Crippen molar-refractivity contribution in [2.45, 2.75) is 46.6 Å². The number of benzene rings is 1. The van der Waals surface area contributed by atoms with Crippen LogP contribution in [0.5, 0.6) is 5.75 Å². The lowest BCUT2D eigenvalue weighted by Crippen LogP contribution is -2.32. The van der Waals surface area contributed by atoms with Gasteiger partial charge in [-0.1, -0.05) is 27.7 Å². The lowest BCUT2D eigenvalue weighted by atomic mass is 9.99. The highest BCUT2D eigenvalue weighted by Gasteiger charge is 2.13. The van der Waals surface area contributed by atoms with Crippen LogP contribution < -0.4 is 15.4 Å². The smallest absolute Gasteiger partial charge is 0.328 e. The van der Waals surface area contributed by atoms with E-state index in [0.29, 0.717) is 30.7 Å². The van der Waals surface area contributed by atoms with Crippen molar-refractivity contribution in [3.05, 3.63) is 35.4 Å². The van der Waals surface area contributed by atoms with Gasteiger partial charge in [-0.25, -0.2) is 9.59 Å². The molecule has 0 radical (unpaired) electrons. The summed E-state index contributed by atoms with van der Waals surface area (Å²) in [6.07, 6.45) is 1.12. The predicted octanol–water partition coefficient (Wildman–Crippen LogP) is 2.78. The third kappa shape index (κ3) is 10.3. The average Bonchev–Trinajstić information content (AvgIpc) is 2.59. The van der Waals surface area contributed by atoms with Crippen LogP contribution in [0.15, 0.2) is 24.3 Å². The number of hydrogen-bond acceptors (Lipinski definition) is 5. The van der Waals surface area contributed by atoms with Gasteiger partial charge in [-0.15, -0.1) is 0 Å². The summed E-state index contributed by atoms with van der Waals surface area (Å²) < 4.78 is 5.40. The number of methoxy groups -OCH3 is 1. The summed E-state index contributed by atoms with van der Waals surface area (Å²) in [7, 11) is 1.67. The number of aliphatic carboxylic acids is 2. The van der Waals surface area contributed by atoms with E-state index in [4.69, 9.17) is 14.9 Å². The Labute approximate surface area is 165 Å². The second kappa shape index (κ2) is 12.5. The van der Waals surface area contributed by atoms with E-state index in [1.54, 1.807) is 7.11 Å². The number of rotatable bonds is 8. The molecule has 1 amide bonds. The summed E-state index contributed by atoms with van der Waals surface area (Å²) in [5.74, 6) is -1.33. The molecule has 0 aliphatic rings. The lowest BCUT2D eigenvalue weighted by molar-refractivity contribution is -0.134. The van der Waals surface area contributed by atoms with Crippen molar-refractivity contribution < 1.29 is 29.3 Å². The zero-order chi connectivity index (χ0) is 21.9. The van der Waals surface area contributed by atoms with Crippen molar-refractivity contribution in [3.8, 4) is 5.75 Å². The summed E-state index contributed by atoms with van der Waals surface area (Å²) in [5, 5.41) is 21.7. The van der Waals surface area contributed by atoms with Gasteiger partial charge in [-0.3, -0.25) is 4.79 Å². The number of anilines is 1. The van der Waals surface area contributed by atoms with Gasteiger partial charge in [0.25, 0.3) is 0 Å². The molecule has 0 saturated carbocycles. The predicted molar refractivity (Wildman–Crippen MR) is 108 cm³/mol. The minimum atomic E-state index is -1.26. The van der Waals surface area contributed by atoms with Gasteiger partial charge in [-0.2, -0.15) is 0 Å². The number of hydrogen-bond donors (Lipinski definition) is 4. The maximum absolute atomic E-state index is 11.9. The first-order valence-electron chi connectivity index (χ1n) is 8.83. The van der Waals surface area contributed by atoms with E-state index in [0.717, 1.165) is 22.6 Å². The molecule has 0 spiro atoms. The minimum absolute atomic E-state index is 0.0262. The molecule has 1 rings (SSSR count). The van der Waals surface area contributed by atoms with Gasteiger partial charge < -0.3 is 25.6 Å². The standard InChI is InChI=1S/C16H26N2O2.C4H4O4/c1-10(2)13-8-14(12(5)7-15(13)20-6)18-16(19)9-17-11(3)4;5-3(6)1-2-4(7)8/h7-8,10-11,17H,9H2,1-6H3,(H,18,19);1-2H,(H,5,6)(H,7,8)/b;2-1+. The summed E-state index contributed by atoms with van der Waals surface area (Å²) in [5.41, 5.74) is 2.96. The Morgan fingerprint density at radius 1 is 1.07 bits per heavy atom. The zero-order valence-electron chi connectivity index (χ0n) is 17.2. The van der Waals surface area contributed by atoms with E-state index < -0.39 is 11.9 Å². The van der Waals surface area contributed by atoms with Crippen molar-refractivity contribution in [3.63, 3.8) is 0 Å². The Hall–Kier alpha value is -2.87. The van der Waals surface area contributed by atoms with Gasteiger partial charge in [0.15, 0.2) is 0 Å². The molecule has 28 heavy (non-hydrogen) atoms. The fourth-order valence-electron chi connectivity index (χ4n) is 2.09. The number of carboxylic acid groups (broad SMARTS) is 2. The van der Waals surface area contributed by atoms with Crippen molar-refractivity contribution in [2.24, 2.45) is 0 Å². The number of amides is 1. The Morgan fingerprint density at radius 2 is 1.61 bits per heavy atom. The van der Waals surface area contributed by atoms with E-state index in [-0.39, 0.29) is 5.91 Å². The number of carbonyl (C=O) groups is 3. The number of aryl methyl sites for hydroxylation is 1. The van der Waals surface area contributed by atoms with Crippen LogP contribution in [0.25, 0.3) is 0 Å². The number of carboxylic acids is 2. The van der Waals surface area contributed by atoms with E-state index in [1.165, 1.54) is 0 Å². The second-order valence-electron chi connectivity index (χ2n) is 6.66. The van der Waals surface area contributed by atoms with E-state index >= 15 is 0 Å². The van der Waals surface area contributed by atoms with Crippen molar-refractivity contribution in [1.29, 1.82) is 0 Å². The SMILES string of the molecule is COc1cc(C)c(NC(=O)CNC(C)C)cc1C(C)C.O=C(O)/C=C/C(=O)O. The maximum Gasteiger partial charge on any atom is 0.328 e. The third-order valence-corrected chi connectivity index (χ3v) is 3.51. The molecular weight excluding hydrogens is 364 g/mol. The number of nitrogens with one attached hydrogen (secondary N) is 2. The molecule has 0 aliphatic carbocycles. The monoisotopic (exact) mass is 394 g/mol. The topological polar surface area (TPSA) is 125 Å². The molecular formula is C20H30N2O6. The third-order valence-electron chi connectivity index (χ3n) is 3.51. The zero-order valence-corrected chi connectivity index (χ0v) is 17.2. The fraction of sp³-hybridized carbons (Fsp3) is 0.450. The van der Waals surface area contributed by atoms with Crippen LogP contribution >= 0.6 is 0 Å². The van der Waals surface area contributed by atoms with E-state index in [2.05, 4.69) is 24.5 Å². The first-order chi connectivity index (χ1) is 13.0. The Bertz CT molecular complexity index is 695. The van der Waals surface area contributed by atoms with Gasteiger partial charge in [-0.05, 0) is 36.1 Å². The van der Waals surface area contributed by atoms with Gasteiger partial charge in [0.2, 0.25) is 5.91 Å². The molecule has 0 aromatic heterocycles. The lowest BCUT2D eigenvalue weighted by Gasteiger charge is -2.17. The second-order valence-corrected chi connectivity index (χ2v) is 6.66. The molecule has 0 atom stereocenters. The molecule has 0 fully saturated rings. The summed E-state index contributed by atoms with van der Waals surface area (Å²) in [4.78, 5) is 31.0. The average molecular weight is 394 g/mol. The normalized spacial score (nSPS) is 10.6. The molecule has 8 nitrogen and oxygen atoms in total. The van der Waals surface area contributed by atoms with Crippen molar-refractivity contribution in [2.75, 3.05) is 19.0 Å². The molecule has 8 heteroatoms. The van der Waals surface area contributed by atoms with Gasteiger partial charge in [0.1, 0.15) is 5.75 Å². The molecule has 0 bridgehead atoms. The Morgan fingerprint density at radius 3 is 2.00 bits per heavy atom. The Balaban J connectivity index is 0.000000769. The van der Waals surface area contributed by atoms with Crippen LogP contribution in [0.3, 0.4) is 0 Å². The summed E-state index contributed by atoms with van der Waals surface area (Å²) >= 11 is 0. The molecule has 0 unspecified atom stereocenters. The van der Waals surface area contributed by atoms with Gasteiger partial charge >= 0.3 is 11.9 Å². The number of ether oxygens (including phenoxy) is 1. The fourth-order valence-corrected chi connectivity index (χ4v) is 2.09. The highest BCUT2D eigenvalue weighted by Crippen LogP contribution is 2.31. The first-order valence-corrected chi connectivity index (χ1v) is 8.83. The first kappa shape index (κ1) is 25.1. The summed E-state index contributed by atoms with van der Waals surface area (Å²) in [6.45, 7) is 10.5. The van der Waals surface area contributed by atoms with Crippen LogP contribution in [0, 0.1) is 6.92 Å². The van der Waals surface area contributed by atoms with E-state index in [1.807, 2.05) is 32.9 Å². The van der Waals surface area contributed by atoms with Crippen molar-refractivity contribution >= 4 is 23.5 Å². The Kier molecular flexibility index (Phi) is 11.2. The van der Waals surface area contributed by atoms with Crippen LogP contribution in [-0.2, 0) is 14.4 Å². The van der Waals surface area contributed by atoms with Crippen LogP contribution in [0.1, 0.15) is 44.7 Å². The highest BCUT2D eigenvalue weighted by molar-refractivity contribution is 5.93. The summed E-state index contributed by atoms with van der Waals surface area (Å²) in [6, 6.07) is 4.27. The van der Waals surface area contributed by atoms with Crippen molar-refractivity contribution in [1.82, 2.24) is 5.32 Å². The minimum Gasteiger partial charge on any atom is -0.496 e. The van der Waals surface area contributed by atoms with E-state index in [9.17, 15) is 14.4 Å². The molecule has 0 heterocycles. The molecule has 1 aromatic rings. The molecule has 156 valence electrons. The van der Waals surface area contributed by atoms with Crippen LogP contribution in [0.2, 0.25) is 0 Å². The largest absolute Gasteiger partial charge is 0.496 e. The maximum atomic E-state index is 11.9. The number of carbonyl (C=O) groups excluding carboxylic acids is 1. The molecule has 1 aromatic carbocycles. The van der Waals surface area contributed by atoms with Crippen LogP contribution in [-0.4, -0.2) is 47.8 Å². The van der Waals surface area contributed by atoms with Gasteiger partial charge in [0, 0.05) is 23.9 Å². The highest BCUT2D eigenvalue weighted by atomic mass is 16.5. The van der Waals surface area contributed by atoms with Gasteiger partial charge in [0.05, 0.1) is 13.7 Å². The molecule has 4 N–H and O–H groups in total. The quantitative estimate of drug-likeness (QED) is 0.500. The van der Waals surface area contributed by atoms with Crippen LogP contribution in [0.4, 0.5) is 5.69 Å². The molecule has 0 aliphatic heterocycles.